The summed E-state index contributed by atoms with van der Waals surface area (Å²) in [6.45, 7) is 1.33. The number of hydrogen-bond donors (Lipinski definition) is 0. The summed E-state index contributed by atoms with van der Waals surface area (Å²) >= 11 is 0. The first-order chi connectivity index (χ1) is 11.8. The highest BCUT2D eigenvalue weighted by atomic mass is 16.3. The molecule has 3 heteroatoms. The summed E-state index contributed by atoms with van der Waals surface area (Å²) in [7, 11) is 0. The summed E-state index contributed by atoms with van der Waals surface area (Å²) in [4.78, 5) is 14.6. The zero-order valence-corrected chi connectivity index (χ0v) is 13.6. The van der Waals surface area contributed by atoms with E-state index < -0.39 is 0 Å². The summed E-state index contributed by atoms with van der Waals surface area (Å²) in [5, 5.41) is 0. The number of benzene rings is 2. The van der Waals surface area contributed by atoms with E-state index in [9.17, 15) is 4.79 Å². The van der Waals surface area contributed by atoms with Crippen molar-refractivity contribution in [1.82, 2.24) is 4.90 Å². The maximum atomic E-state index is 12.7. The van der Waals surface area contributed by atoms with E-state index in [1.165, 1.54) is 18.1 Å². The molecule has 0 bridgehead atoms. The number of carbonyl (C=O) groups is 1. The Morgan fingerprint density at radius 3 is 2.17 bits per heavy atom. The molecule has 0 radical (unpaired) electrons. The van der Waals surface area contributed by atoms with Gasteiger partial charge in [0.1, 0.15) is 6.26 Å². The van der Waals surface area contributed by atoms with Crippen molar-refractivity contribution in [2.75, 3.05) is 6.54 Å². The van der Waals surface area contributed by atoms with Gasteiger partial charge in [-0.25, -0.2) is 0 Å². The van der Waals surface area contributed by atoms with Crippen LogP contribution in [0.4, 0.5) is 0 Å². The first-order valence-corrected chi connectivity index (χ1v) is 8.22. The molecule has 0 spiro atoms. The van der Waals surface area contributed by atoms with Crippen molar-refractivity contribution in [2.24, 2.45) is 0 Å². The predicted molar refractivity (Wildman–Crippen MR) is 94.7 cm³/mol. The summed E-state index contributed by atoms with van der Waals surface area (Å²) in [6.07, 6.45) is 4.95. The second-order valence-corrected chi connectivity index (χ2v) is 5.81. The quantitative estimate of drug-likeness (QED) is 0.640. The molecule has 122 valence electrons. The minimum atomic E-state index is 0.0145. The van der Waals surface area contributed by atoms with Gasteiger partial charge in [-0.1, -0.05) is 60.7 Å². The Hall–Kier alpha value is -2.81. The van der Waals surface area contributed by atoms with Crippen LogP contribution in [-0.4, -0.2) is 17.4 Å². The Bertz CT molecular complexity index is 736. The van der Waals surface area contributed by atoms with Crippen molar-refractivity contribution >= 4 is 5.91 Å². The van der Waals surface area contributed by atoms with Gasteiger partial charge in [0, 0.05) is 13.1 Å². The van der Waals surface area contributed by atoms with Crippen LogP contribution in [0.15, 0.2) is 83.7 Å². The molecule has 3 nitrogen and oxygen atoms in total. The van der Waals surface area contributed by atoms with Crippen LogP contribution in [0.2, 0.25) is 0 Å². The topological polar surface area (TPSA) is 33.5 Å². The van der Waals surface area contributed by atoms with Crippen LogP contribution in [0.25, 0.3) is 0 Å². The summed E-state index contributed by atoms with van der Waals surface area (Å²) in [5.41, 5.74) is 3.03. The third-order valence-electron chi connectivity index (χ3n) is 4.01. The van der Waals surface area contributed by atoms with Crippen LogP contribution in [0.1, 0.15) is 27.9 Å². The fraction of sp³-hybridized carbons (Fsp3) is 0.190. The Kier molecular flexibility index (Phi) is 5.46. The lowest BCUT2D eigenvalue weighted by Gasteiger charge is -2.22. The minimum absolute atomic E-state index is 0.0145. The van der Waals surface area contributed by atoms with Gasteiger partial charge >= 0.3 is 0 Å². The molecule has 0 unspecified atom stereocenters. The van der Waals surface area contributed by atoms with E-state index in [0.717, 1.165) is 18.4 Å². The largest absolute Gasteiger partial charge is 0.472 e. The molecular formula is C21H21NO2. The van der Waals surface area contributed by atoms with Crippen molar-refractivity contribution in [2.45, 2.75) is 19.4 Å². The van der Waals surface area contributed by atoms with Gasteiger partial charge in [-0.05, 0) is 30.0 Å². The predicted octanol–water partition coefficient (Wildman–Crippen LogP) is 4.55. The summed E-state index contributed by atoms with van der Waals surface area (Å²) < 4.78 is 5.06. The average Bonchev–Trinajstić information content (AvgIpc) is 3.17. The molecule has 1 amide bonds. The van der Waals surface area contributed by atoms with Gasteiger partial charge < -0.3 is 9.32 Å². The van der Waals surface area contributed by atoms with E-state index in [2.05, 4.69) is 12.1 Å². The number of hydrogen-bond acceptors (Lipinski definition) is 2. The smallest absolute Gasteiger partial charge is 0.257 e. The van der Waals surface area contributed by atoms with Gasteiger partial charge in [-0.2, -0.15) is 0 Å². The van der Waals surface area contributed by atoms with Crippen LogP contribution in [0, 0.1) is 0 Å². The van der Waals surface area contributed by atoms with E-state index in [1.54, 1.807) is 6.07 Å². The van der Waals surface area contributed by atoms with Gasteiger partial charge in [-0.3, -0.25) is 4.79 Å². The molecule has 2 aromatic carbocycles. The number of rotatable bonds is 7. The Labute approximate surface area is 142 Å². The van der Waals surface area contributed by atoms with E-state index in [4.69, 9.17) is 4.42 Å². The molecule has 0 atom stereocenters. The molecule has 24 heavy (non-hydrogen) atoms. The average molecular weight is 319 g/mol. The highest BCUT2D eigenvalue weighted by Crippen LogP contribution is 2.12. The highest BCUT2D eigenvalue weighted by molar-refractivity contribution is 5.93. The third kappa shape index (κ3) is 4.35. The lowest BCUT2D eigenvalue weighted by molar-refractivity contribution is 0.0740. The fourth-order valence-corrected chi connectivity index (χ4v) is 2.74. The van der Waals surface area contributed by atoms with Crippen molar-refractivity contribution in [3.63, 3.8) is 0 Å². The van der Waals surface area contributed by atoms with Crippen LogP contribution >= 0.6 is 0 Å². The van der Waals surface area contributed by atoms with Crippen LogP contribution in [0.5, 0.6) is 0 Å². The molecular weight excluding hydrogens is 298 g/mol. The maximum Gasteiger partial charge on any atom is 0.257 e. The minimum Gasteiger partial charge on any atom is -0.472 e. The molecule has 0 saturated carbocycles. The molecule has 0 saturated heterocycles. The summed E-state index contributed by atoms with van der Waals surface area (Å²) in [6, 6.07) is 22.2. The molecule has 0 fully saturated rings. The zero-order valence-electron chi connectivity index (χ0n) is 13.6. The number of furan rings is 1. The third-order valence-corrected chi connectivity index (χ3v) is 4.01. The van der Waals surface area contributed by atoms with Crippen LogP contribution in [-0.2, 0) is 13.0 Å². The number of carbonyl (C=O) groups excluding carboxylic acids is 1. The Morgan fingerprint density at radius 1 is 0.875 bits per heavy atom. The molecule has 1 aromatic heterocycles. The summed E-state index contributed by atoms with van der Waals surface area (Å²) in [5.74, 6) is 0.0145. The Balaban J connectivity index is 1.66. The molecule has 3 rings (SSSR count). The van der Waals surface area contributed by atoms with Crippen molar-refractivity contribution in [1.29, 1.82) is 0 Å². The van der Waals surface area contributed by atoms with E-state index in [1.807, 2.05) is 53.4 Å². The van der Waals surface area contributed by atoms with Crippen molar-refractivity contribution in [3.8, 4) is 0 Å². The van der Waals surface area contributed by atoms with Crippen molar-refractivity contribution < 1.29 is 9.21 Å². The second-order valence-electron chi connectivity index (χ2n) is 5.81. The number of aryl methyl sites for hydroxylation is 1. The monoisotopic (exact) mass is 319 g/mol. The molecule has 0 aliphatic carbocycles. The van der Waals surface area contributed by atoms with Crippen molar-refractivity contribution in [3.05, 3.63) is 95.9 Å². The Morgan fingerprint density at radius 2 is 1.54 bits per heavy atom. The van der Waals surface area contributed by atoms with Gasteiger partial charge in [-0.15, -0.1) is 0 Å². The van der Waals surface area contributed by atoms with E-state index >= 15 is 0 Å². The standard InChI is InChI=1S/C21H21NO2/c23-21(20-13-15-24-17-20)22(16-19-10-5-2-6-11-19)14-7-12-18-8-3-1-4-9-18/h1-6,8-11,13,15,17H,7,12,14,16H2. The number of nitrogens with zero attached hydrogens (tertiary/aromatic N) is 1. The molecule has 0 aliphatic rings. The second kappa shape index (κ2) is 8.16. The molecule has 0 N–H and O–H groups in total. The number of amides is 1. The zero-order chi connectivity index (χ0) is 16.6. The highest BCUT2D eigenvalue weighted by Gasteiger charge is 2.16. The van der Waals surface area contributed by atoms with Gasteiger partial charge in [0.25, 0.3) is 5.91 Å². The lowest BCUT2D eigenvalue weighted by atomic mass is 10.1. The molecule has 1 heterocycles. The van der Waals surface area contributed by atoms with Crippen LogP contribution < -0.4 is 0 Å². The fourth-order valence-electron chi connectivity index (χ4n) is 2.74. The molecule has 3 aromatic rings. The van der Waals surface area contributed by atoms with Gasteiger partial charge in [0.15, 0.2) is 0 Å². The normalized spacial score (nSPS) is 10.5. The van der Waals surface area contributed by atoms with Gasteiger partial charge in [0.05, 0.1) is 11.8 Å². The SMILES string of the molecule is O=C(c1ccoc1)N(CCCc1ccccc1)Cc1ccccc1. The first kappa shape index (κ1) is 16.1. The lowest BCUT2D eigenvalue weighted by Crippen LogP contribution is -2.31. The van der Waals surface area contributed by atoms with E-state index in [0.29, 0.717) is 18.7 Å². The maximum absolute atomic E-state index is 12.7. The first-order valence-electron chi connectivity index (χ1n) is 8.22. The van der Waals surface area contributed by atoms with Crippen LogP contribution in [0.3, 0.4) is 0 Å². The van der Waals surface area contributed by atoms with E-state index in [-0.39, 0.29) is 5.91 Å². The molecule has 0 aliphatic heterocycles. The van der Waals surface area contributed by atoms with Gasteiger partial charge in [0.2, 0.25) is 0 Å².